The summed E-state index contributed by atoms with van der Waals surface area (Å²) in [5, 5.41) is 18.2. The molecule has 1 aromatic heterocycles. The highest BCUT2D eigenvalue weighted by Crippen LogP contribution is 2.31. The van der Waals surface area contributed by atoms with Crippen molar-refractivity contribution in [3.05, 3.63) is 46.1 Å². The molecular weight excluding hydrogens is 260 g/mol. The Hall–Kier alpha value is -2.56. The molecule has 0 atom stereocenters. The monoisotopic (exact) mass is 268 g/mol. The Morgan fingerprint density at radius 2 is 1.68 bits per heavy atom. The van der Waals surface area contributed by atoms with Crippen molar-refractivity contribution in [2.45, 2.75) is 6.92 Å². The fourth-order valence-electron chi connectivity index (χ4n) is 1.71. The summed E-state index contributed by atoms with van der Waals surface area (Å²) in [4.78, 5) is 4.12. The van der Waals surface area contributed by atoms with Crippen LogP contribution in [0.2, 0.25) is 5.15 Å². The molecule has 5 heteroatoms. The molecule has 0 spiro atoms. The van der Waals surface area contributed by atoms with E-state index in [4.69, 9.17) is 22.6 Å². The number of rotatable bonds is 1. The van der Waals surface area contributed by atoms with Gasteiger partial charge in [0.1, 0.15) is 28.4 Å². The number of nitriles is 2. The smallest absolute Gasteiger partial charge is 0.149 e. The van der Waals surface area contributed by atoms with Gasteiger partial charge in [-0.15, -0.1) is 0 Å². The molecule has 4 nitrogen and oxygen atoms in total. The number of anilines is 1. The minimum atomic E-state index is 0.00887. The average molecular weight is 269 g/mol. The van der Waals surface area contributed by atoms with Gasteiger partial charge in [-0.3, -0.25) is 0 Å². The molecule has 0 aliphatic rings. The zero-order valence-corrected chi connectivity index (χ0v) is 10.9. The minimum absolute atomic E-state index is 0.00887. The second-order valence-electron chi connectivity index (χ2n) is 4.00. The number of aryl methyl sites for hydroxylation is 1. The Labute approximate surface area is 115 Å². The van der Waals surface area contributed by atoms with Crippen LogP contribution in [-0.4, -0.2) is 4.98 Å². The van der Waals surface area contributed by atoms with Crippen LogP contribution in [0.1, 0.15) is 16.7 Å². The van der Waals surface area contributed by atoms with Gasteiger partial charge in [0.15, 0.2) is 0 Å². The summed E-state index contributed by atoms with van der Waals surface area (Å²) in [5.41, 5.74) is 8.30. The van der Waals surface area contributed by atoms with Crippen LogP contribution in [-0.2, 0) is 0 Å². The van der Waals surface area contributed by atoms with Gasteiger partial charge in [0, 0.05) is 5.56 Å². The largest absolute Gasteiger partial charge is 0.396 e. The first kappa shape index (κ1) is 12.9. The molecule has 2 N–H and O–H groups in total. The maximum atomic E-state index is 9.20. The molecule has 0 fully saturated rings. The quantitative estimate of drug-likeness (QED) is 0.805. The van der Waals surface area contributed by atoms with Crippen molar-refractivity contribution < 1.29 is 0 Å². The zero-order valence-electron chi connectivity index (χ0n) is 10.1. The van der Waals surface area contributed by atoms with Gasteiger partial charge in [0.2, 0.25) is 0 Å². The van der Waals surface area contributed by atoms with Crippen LogP contribution >= 0.6 is 11.6 Å². The number of pyridine rings is 1. The van der Waals surface area contributed by atoms with Crippen LogP contribution < -0.4 is 5.73 Å². The van der Waals surface area contributed by atoms with E-state index in [-0.39, 0.29) is 22.0 Å². The Morgan fingerprint density at radius 1 is 1.11 bits per heavy atom. The van der Waals surface area contributed by atoms with Gasteiger partial charge in [-0.1, -0.05) is 41.4 Å². The van der Waals surface area contributed by atoms with Crippen molar-refractivity contribution in [3.63, 3.8) is 0 Å². The van der Waals surface area contributed by atoms with Crippen molar-refractivity contribution in [3.8, 4) is 23.4 Å². The summed E-state index contributed by atoms with van der Waals surface area (Å²) in [7, 11) is 0. The summed E-state index contributed by atoms with van der Waals surface area (Å²) < 4.78 is 0. The Balaban J connectivity index is 2.75. The number of benzene rings is 1. The third-order valence-corrected chi connectivity index (χ3v) is 3.01. The third-order valence-electron chi connectivity index (χ3n) is 2.74. The van der Waals surface area contributed by atoms with Gasteiger partial charge in [-0.2, -0.15) is 10.5 Å². The maximum Gasteiger partial charge on any atom is 0.149 e. The molecule has 92 valence electrons. The van der Waals surface area contributed by atoms with E-state index in [1.807, 2.05) is 43.3 Å². The van der Waals surface area contributed by atoms with E-state index in [0.29, 0.717) is 5.69 Å². The second-order valence-corrected chi connectivity index (χ2v) is 4.36. The highest BCUT2D eigenvalue weighted by Gasteiger charge is 2.17. The van der Waals surface area contributed by atoms with Crippen LogP contribution in [0.4, 0.5) is 5.69 Å². The fraction of sp³-hybridized carbons (Fsp3) is 0.0714. The molecule has 0 saturated heterocycles. The lowest BCUT2D eigenvalue weighted by molar-refractivity contribution is 1.28. The van der Waals surface area contributed by atoms with Crippen LogP contribution in [0.3, 0.4) is 0 Å². The van der Waals surface area contributed by atoms with Gasteiger partial charge >= 0.3 is 0 Å². The summed E-state index contributed by atoms with van der Waals surface area (Å²) >= 11 is 5.92. The lowest BCUT2D eigenvalue weighted by atomic mass is 10.0. The molecule has 0 aliphatic heterocycles. The molecule has 0 saturated carbocycles. The minimum Gasteiger partial charge on any atom is -0.396 e. The number of nitrogen functional groups attached to an aromatic ring is 1. The first-order chi connectivity index (χ1) is 9.08. The molecule has 0 bridgehead atoms. The van der Waals surface area contributed by atoms with Crippen molar-refractivity contribution in [2.24, 2.45) is 0 Å². The summed E-state index contributed by atoms with van der Waals surface area (Å²) in [6.07, 6.45) is 0. The fourth-order valence-corrected chi connectivity index (χ4v) is 1.94. The molecule has 1 aromatic carbocycles. The Bertz CT molecular complexity index is 721. The van der Waals surface area contributed by atoms with Crippen LogP contribution in [0, 0.1) is 29.6 Å². The SMILES string of the molecule is Cc1ccc(-c2nc(Cl)c(C#N)c(N)c2C#N)cc1. The molecular formula is C14H9ClN4. The zero-order chi connectivity index (χ0) is 14.0. The molecule has 0 radical (unpaired) electrons. The number of halogens is 1. The number of hydrogen-bond donors (Lipinski definition) is 1. The summed E-state index contributed by atoms with van der Waals surface area (Å²) in [6, 6.07) is 11.3. The molecule has 0 aliphatic carbocycles. The Morgan fingerprint density at radius 3 is 2.21 bits per heavy atom. The van der Waals surface area contributed by atoms with Crippen LogP contribution in [0.25, 0.3) is 11.3 Å². The number of nitrogens with two attached hydrogens (primary N) is 1. The Kier molecular flexibility index (Phi) is 3.37. The number of aromatic nitrogens is 1. The normalized spacial score (nSPS) is 9.68. The standard InChI is InChI=1S/C14H9ClN4/c1-8-2-4-9(5-3-8)13-10(6-16)12(18)11(7-17)14(15)19-13/h2-5H,1H3,(H2,18,19). The van der Waals surface area contributed by atoms with Gasteiger partial charge in [0.25, 0.3) is 0 Å². The molecule has 1 heterocycles. The molecule has 0 amide bonds. The van der Waals surface area contributed by atoms with E-state index in [1.54, 1.807) is 0 Å². The van der Waals surface area contributed by atoms with Gasteiger partial charge < -0.3 is 5.73 Å². The summed E-state index contributed by atoms with van der Waals surface area (Å²) in [6.45, 7) is 1.96. The molecule has 0 unspecified atom stereocenters. The van der Waals surface area contributed by atoms with Crippen molar-refractivity contribution >= 4 is 17.3 Å². The van der Waals surface area contributed by atoms with E-state index >= 15 is 0 Å². The summed E-state index contributed by atoms with van der Waals surface area (Å²) in [5.74, 6) is 0. The molecule has 19 heavy (non-hydrogen) atoms. The van der Waals surface area contributed by atoms with E-state index in [1.165, 1.54) is 0 Å². The first-order valence-corrected chi connectivity index (χ1v) is 5.82. The van der Waals surface area contributed by atoms with Crippen molar-refractivity contribution in [1.82, 2.24) is 4.98 Å². The van der Waals surface area contributed by atoms with E-state index in [9.17, 15) is 5.26 Å². The van der Waals surface area contributed by atoms with E-state index in [0.717, 1.165) is 11.1 Å². The third kappa shape index (κ3) is 2.22. The topological polar surface area (TPSA) is 86.5 Å². The van der Waals surface area contributed by atoms with Crippen molar-refractivity contribution in [2.75, 3.05) is 5.73 Å². The second kappa shape index (κ2) is 4.97. The van der Waals surface area contributed by atoms with E-state index in [2.05, 4.69) is 4.98 Å². The number of nitrogens with zero attached hydrogens (tertiary/aromatic N) is 3. The highest BCUT2D eigenvalue weighted by atomic mass is 35.5. The van der Waals surface area contributed by atoms with Gasteiger partial charge in [-0.25, -0.2) is 4.98 Å². The van der Waals surface area contributed by atoms with Crippen LogP contribution in [0.5, 0.6) is 0 Å². The predicted molar refractivity (Wildman–Crippen MR) is 73.3 cm³/mol. The highest BCUT2D eigenvalue weighted by molar-refractivity contribution is 6.31. The molecule has 2 rings (SSSR count). The maximum absolute atomic E-state index is 9.20. The molecule has 2 aromatic rings. The predicted octanol–water partition coefficient (Wildman–Crippen LogP) is 3.04. The van der Waals surface area contributed by atoms with E-state index < -0.39 is 0 Å². The average Bonchev–Trinajstić information content (AvgIpc) is 2.39. The lowest BCUT2D eigenvalue weighted by Gasteiger charge is -2.09. The first-order valence-electron chi connectivity index (χ1n) is 5.44. The number of hydrogen-bond acceptors (Lipinski definition) is 4. The van der Waals surface area contributed by atoms with Gasteiger partial charge in [0.05, 0.1) is 11.4 Å². The van der Waals surface area contributed by atoms with Crippen LogP contribution in [0.15, 0.2) is 24.3 Å². The van der Waals surface area contributed by atoms with Crippen molar-refractivity contribution in [1.29, 1.82) is 10.5 Å². The van der Waals surface area contributed by atoms with Gasteiger partial charge in [-0.05, 0) is 6.92 Å². The lowest BCUT2D eigenvalue weighted by Crippen LogP contribution is -2.01.